The fraction of sp³-hybridized carbons (Fsp3) is 0.316. The van der Waals surface area contributed by atoms with Gasteiger partial charge in [-0.2, -0.15) is 0 Å². The summed E-state index contributed by atoms with van der Waals surface area (Å²) in [6, 6.07) is 11.5. The summed E-state index contributed by atoms with van der Waals surface area (Å²) < 4.78 is 33.3. The van der Waals surface area contributed by atoms with Crippen LogP contribution in [-0.4, -0.2) is 34.5 Å². The summed E-state index contributed by atoms with van der Waals surface area (Å²) in [5, 5.41) is 2.72. The Labute approximate surface area is 168 Å². The number of hydrogen-bond donors (Lipinski definition) is 1. The van der Waals surface area contributed by atoms with Gasteiger partial charge in [-0.05, 0) is 59.6 Å². The van der Waals surface area contributed by atoms with Crippen LogP contribution in [0.3, 0.4) is 0 Å². The highest BCUT2D eigenvalue weighted by molar-refractivity contribution is 9.10. The van der Waals surface area contributed by atoms with Gasteiger partial charge in [0, 0.05) is 6.54 Å². The number of nitrogens with zero attached hydrogens (tertiary/aromatic N) is 1. The molecular weight excluding hydrogens is 432 g/mol. The number of amides is 1. The molecule has 0 heterocycles. The highest BCUT2D eigenvalue weighted by Crippen LogP contribution is 2.30. The molecule has 146 valence electrons. The lowest BCUT2D eigenvalue weighted by Gasteiger charge is -2.24. The predicted molar refractivity (Wildman–Crippen MR) is 110 cm³/mol. The van der Waals surface area contributed by atoms with Crippen LogP contribution in [0.1, 0.15) is 18.9 Å². The van der Waals surface area contributed by atoms with Crippen LogP contribution in [0.2, 0.25) is 0 Å². The smallest absolute Gasteiger partial charge is 0.264 e. The van der Waals surface area contributed by atoms with Gasteiger partial charge in [0.15, 0.2) is 0 Å². The van der Waals surface area contributed by atoms with E-state index in [9.17, 15) is 13.2 Å². The maximum absolute atomic E-state index is 13.3. The normalized spacial score (nSPS) is 11.1. The van der Waals surface area contributed by atoms with Crippen molar-refractivity contribution in [2.45, 2.75) is 25.2 Å². The van der Waals surface area contributed by atoms with Crippen molar-refractivity contribution in [3.63, 3.8) is 0 Å². The van der Waals surface area contributed by atoms with Crippen molar-refractivity contribution in [1.82, 2.24) is 5.32 Å². The molecule has 0 radical (unpaired) electrons. The van der Waals surface area contributed by atoms with Crippen molar-refractivity contribution < 1.29 is 17.9 Å². The van der Waals surface area contributed by atoms with Crippen molar-refractivity contribution in [2.75, 3.05) is 24.5 Å². The number of hydrogen-bond acceptors (Lipinski definition) is 4. The molecule has 1 amide bonds. The molecule has 2 aromatic carbocycles. The van der Waals surface area contributed by atoms with E-state index in [4.69, 9.17) is 4.74 Å². The SMILES string of the molecule is CCCNC(=O)CN(c1ccc(C)cc1)S(=O)(=O)c1ccc(OC)c(Br)c1. The molecule has 0 saturated heterocycles. The van der Waals surface area contributed by atoms with E-state index in [0.29, 0.717) is 22.5 Å². The van der Waals surface area contributed by atoms with Crippen molar-refractivity contribution in [2.24, 2.45) is 0 Å². The van der Waals surface area contributed by atoms with Crippen LogP contribution >= 0.6 is 15.9 Å². The number of aryl methyl sites for hydroxylation is 1. The lowest BCUT2D eigenvalue weighted by Crippen LogP contribution is -2.41. The second-order valence-corrected chi connectivity index (χ2v) is 8.71. The molecule has 0 aliphatic heterocycles. The third-order valence-electron chi connectivity index (χ3n) is 3.89. The number of carbonyl (C=O) groups is 1. The summed E-state index contributed by atoms with van der Waals surface area (Å²) in [6.45, 7) is 4.05. The Morgan fingerprint density at radius 2 is 1.85 bits per heavy atom. The van der Waals surface area contributed by atoms with E-state index in [-0.39, 0.29) is 17.3 Å². The largest absolute Gasteiger partial charge is 0.496 e. The second kappa shape index (κ2) is 9.23. The summed E-state index contributed by atoms with van der Waals surface area (Å²) >= 11 is 3.31. The second-order valence-electron chi connectivity index (χ2n) is 5.99. The monoisotopic (exact) mass is 454 g/mol. The van der Waals surface area contributed by atoms with Gasteiger partial charge in [0.1, 0.15) is 12.3 Å². The van der Waals surface area contributed by atoms with Crippen LogP contribution in [-0.2, 0) is 14.8 Å². The molecule has 0 aliphatic carbocycles. The summed E-state index contributed by atoms with van der Waals surface area (Å²) in [7, 11) is -2.44. The standard InChI is InChI=1S/C19H23BrN2O4S/c1-4-11-21-19(23)13-22(15-7-5-14(2)6-8-15)27(24,25)16-9-10-18(26-3)17(20)12-16/h5-10,12H,4,11,13H2,1-3H3,(H,21,23). The topological polar surface area (TPSA) is 75.7 Å². The third kappa shape index (κ3) is 5.23. The highest BCUT2D eigenvalue weighted by Gasteiger charge is 2.27. The van der Waals surface area contributed by atoms with Crippen molar-refractivity contribution >= 4 is 37.5 Å². The van der Waals surface area contributed by atoms with Gasteiger partial charge in [-0.25, -0.2) is 8.42 Å². The van der Waals surface area contributed by atoms with E-state index in [1.54, 1.807) is 18.2 Å². The number of methoxy groups -OCH3 is 1. The molecule has 6 nitrogen and oxygen atoms in total. The molecule has 0 atom stereocenters. The predicted octanol–water partition coefficient (Wildman–Crippen LogP) is 3.49. The Balaban J connectivity index is 2.45. The average Bonchev–Trinajstić information content (AvgIpc) is 2.65. The number of ether oxygens (including phenoxy) is 1. The molecule has 0 saturated carbocycles. The Kier molecular flexibility index (Phi) is 7.26. The van der Waals surface area contributed by atoms with Crippen LogP contribution in [0.15, 0.2) is 51.8 Å². The number of anilines is 1. The average molecular weight is 455 g/mol. The van der Waals surface area contributed by atoms with Gasteiger partial charge >= 0.3 is 0 Å². The van der Waals surface area contributed by atoms with Crippen molar-refractivity contribution in [1.29, 1.82) is 0 Å². The molecule has 0 unspecified atom stereocenters. The molecule has 0 spiro atoms. The molecular formula is C19H23BrN2O4S. The Morgan fingerprint density at radius 3 is 2.41 bits per heavy atom. The van der Waals surface area contributed by atoms with Crippen LogP contribution in [0.5, 0.6) is 5.75 Å². The number of sulfonamides is 1. The zero-order valence-corrected chi connectivity index (χ0v) is 17.9. The van der Waals surface area contributed by atoms with Crippen molar-refractivity contribution in [3.05, 3.63) is 52.5 Å². The quantitative estimate of drug-likeness (QED) is 0.662. The number of benzene rings is 2. The number of nitrogens with one attached hydrogen (secondary N) is 1. The van der Waals surface area contributed by atoms with E-state index < -0.39 is 10.0 Å². The number of halogens is 1. The molecule has 8 heteroatoms. The van der Waals surface area contributed by atoms with Crippen LogP contribution in [0.25, 0.3) is 0 Å². The van der Waals surface area contributed by atoms with Gasteiger partial charge in [-0.1, -0.05) is 24.6 Å². The summed E-state index contributed by atoms with van der Waals surface area (Å²) in [6.07, 6.45) is 0.772. The first-order valence-corrected chi connectivity index (χ1v) is 10.7. The summed E-state index contributed by atoms with van der Waals surface area (Å²) in [4.78, 5) is 12.3. The van der Waals surface area contributed by atoms with E-state index in [1.165, 1.54) is 19.2 Å². The first-order valence-electron chi connectivity index (χ1n) is 8.49. The Hall–Kier alpha value is -2.06. The maximum Gasteiger partial charge on any atom is 0.264 e. The maximum atomic E-state index is 13.3. The third-order valence-corrected chi connectivity index (χ3v) is 6.28. The van der Waals surface area contributed by atoms with E-state index in [0.717, 1.165) is 16.3 Å². The molecule has 1 N–H and O–H groups in total. The zero-order valence-electron chi connectivity index (χ0n) is 15.5. The van der Waals surface area contributed by atoms with Gasteiger partial charge in [-0.15, -0.1) is 0 Å². The van der Waals surface area contributed by atoms with Crippen LogP contribution in [0, 0.1) is 6.92 Å². The van der Waals surface area contributed by atoms with Crippen LogP contribution < -0.4 is 14.4 Å². The van der Waals surface area contributed by atoms with Gasteiger partial charge in [0.05, 0.1) is 22.2 Å². The molecule has 0 aromatic heterocycles. The molecule has 2 rings (SSSR count). The van der Waals surface area contributed by atoms with Gasteiger partial charge < -0.3 is 10.1 Å². The minimum absolute atomic E-state index is 0.0686. The van der Waals surface area contributed by atoms with E-state index >= 15 is 0 Å². The Bertz CT molecular complexity index is 898. The minimum atomic E-state index is -3.95. The fourth-order valence-electron chi connectivity index (χ4n) is 2.41. The van der Waals surface area contributed by atoms with Gasteiger partial charge in [0.2, 0.25) is 5.91 Å². The van der Waals surface area contributed by atoms with E-state index in [1.807, 2.05) is 26.0 Å². The molecule has 2 aromatic rings. The van der Waals surface area contributed by atoms with Crippen LogP contribution in [0.4, 0.5) is 5.69 Å². The first-order chi connectivity index (χ1) is 12.8. The first kappa shape index (κ1) is 21.2. The lowest BCUT2D eigenvalue weighted by atomic mass is 10.2. The van der Waals surface area contributed by atoms with E-state index in [2.05, 4.69) is 21.2 Å². The van der Waals surface area contributed by atoms with Gasteiger partial charge in [0.25, 0.3) is 10.0 Å². The van der Waals surface area contributed by atoms with Crippen molar-refractivity contribution in [3.8, 4) is 5.75 Å². The fourth-order valence-corrected chi connectivity index (χ4v) is 4.55. The highest BCUT2D eigenvalue weighted by atomic mass is 79.9. The minimum Gasteiger partial charge on any atom is -0.496 e. The molecule has 27 heavy (non-hydrogen) atoms. The molecule has 0 aliphatic rings. The Morgan fingerprint density at radius 1 is 1.19 bits per heavy atom. The molecule has 0 fully saturated rings. The number of rotatable bonds is 8. The lowest BCUT2D eigenvalue weighted by molar-refractivity contribution is -0.119. The van der Waals surface area contributed by atoms with Gasteiger partial charge in [-0.3, -0.25) is 9.10 Å². The molecule has 0 bridgehead atoms. The summed E-state index contributed by atoms with van der Waals surface area (Å²) in [5.41, 5.74) is 1.43. The summed E-state index contributed by atoms with van der Waals surface area (Å²) in [5.74, 6) is 0.171. The number of carbonyl (C=O) groups excluding carboxylic acids is 1. The zero-order chi connectivity index (χ0) is 20.0.